The normalized spacial score (nSPS) is 18.1. The molecular weight excluding hydrogens is 202 g/mol. The molecular formula is C12H19N3O. The molecule has 2 heterocycles. The van der Waals surface area contributed by atoms with Crippen molar-refractivity contribution in [2.75, 3.05) is 25.1 Å². The van der Waals surface area contributed by atoms with E-state index in [1.54, 1.807) is 13.3 Å². The number of anilines is 1. The van der Waals surface area contributed by atoms with Gasteiger partial charge in [0.05, 0.1) is 18.8 Å². The van der Waals surface area contributed by atoms with Crippen LogP contribution in [0, 0.1) is 0 Å². The lowest BCUT2D eigenvalue weighted by Crippen LogP contribution is -2.67. The lowest BCUT2D eigenvalue weighted by Gasteiger charge is -2.48. The van der Waals surface area contributed by atoms with Crippen LogP contribution in [0.4, 0.5) is 5.82 Å². The highest BCUT2D eigenvalue weighted by atomic mass is 16.5. The van der Waals surface area contributed by atoms with E-state index in [4.69, 9.17) is 10.5 Å². The Morgan fingerprint density at radius 2 is 2.25 bits per heavy atom. The maximum atomic E-state index is 6.20. The Labute approximate surface area is 96.4 Å². The van der Waals surface area contributed by atoms with Crippen molar-refractivity contribution in [2.24, 2.45) is 5.73 Å². The van der Waals surface area contributed by atoms with Crippen molar-refractivity contribution in [3.63, 3.8) is 0 Å². The van der Waals surface area contributed by atoms with Crippen LogP contribution in [0.5, 0.6) is 5.75 Å². The van der Waals surface area contributed by atoms with E-state index in [0.717, 1.165) is 37.5 Å². The minimum atomic E-state index is -0.00361. The van der Waals surface area contributed by atoms with Crippen LogP contribution in [0.25, 0.3) is 0 Å². The summed E-state index contributed by atoms with van der Waals surface area (Å²) in [4.78, 5) is 6.55. The molecule has 1 fully saturated rings. The summed E-state index contributed by atoms with van der Waals surface area (Å²) in [7, 11) is 1.65. The first-order valence-electron chi connectivity index (χ1n) is 5.71. The number of nitrogens with two attached hydrogens (primary N) is 1. The minimum absolute atomic E-state index is 0.00361. The summed E-state index contributed by atoms with van der Waals surface area (Å²) < 4.78 is 5.07. The molecule has 2 rings (SSSR count). The van der Waals surface area contributed by atoms with E-state index in [1.165, 1.54) is 0 Å². The van der Waals surface area contributed by atoms with Gasteiger partial charge >= 0.3 is 0 Å². The average molecular weight is 221 g/mol. The van der Waals surface area contributed by atoms with Gasteiger partial charge in [0.2, 0.25) is 0 Å². The van der Waals surface area contributed by atoms with Crippen LogP contribution in [-0.4, -0.2) is 30.7 Å². The van der Waals surface area contributed by atoms with Crippen molar-refractivity contribution in [2.45, 2.75) is 25.3 Å². The van der Waals surface area contributed by atoms with Crippen LogP contribution in [0.3, 0.4) is 0 Å². The first-order valence-corrected chi connectivity index (χ1v) is 5.71. The molecule has 0 atom stereocenters. The first-order chi connectivity index (χ1) is 7.67. The molecule has 1 saturated heterocycles. The van der Waals surface area contributed by atoms with E-state index in [1.807, 2.05) is 12.1 Å². The highest BCUT2D eigenvalue weighted by molar-refractivity contribution is 5.45. The molecule has 1 aromatic rings. The number of methoxy groups -OCH3 is 1. The Kier molecular flexibility index (Phi) is 3.01. The molecule has 0 bridgehead atoms. The lowest BCUT2D eigenvalue weighted by atomic mass is 9.86. The highest BCUT2D eigenvalue weighted by Gasteiger charge is 2.38. The molecule has 0 aromatic carbocycles. The van der Waals surface area contributed by atoms with Crippen LogP contribution in [0.2, 0.25) is 0 Å². The minimum Gasteiger partial charge on any atom is -0.495 e. The third-order valence-electron chi connectivity index (χ3n) is 3.04. The quantitative estimate of drug-likeness (QED) is 0.835. The fourth-order valence-corrected chi connectivity index (χ4v) is 2.21. The van der Waals surface area contributed by atoms with Crippen molar-refractivity contribution in [3.8, 4) is 5.75 Å². The topological polar surface area (TPSA) is 51.4 Å². The summed E-state index contributed by atoms with van der Waals surface area (Å²) in [5, 5.41) is 0. The molecule has 1 aliphatic heterocycles. The summed E-state index contributed by atoms with van der Waals surface area (Å²) in [6, 6.07) is 3.91. The van der Waals surface area contributed by atoms with E-state index >= 15 is 0 Å². The van der Waals surface area contributed by atoms with Gasteiger partial charge in [0, 0.05) is 13.1 Å². The van der Waals surface area contributed by atoms with Crippen LogP contribution < -0.4 is 15.4 Å². The van der Waals surface area contributed by atoms with Gasteiger partial charge in [-0.1, -0.05) is 13.3 Å². The molecule has 1 aromatic heterocycles. The van der Waals surface area contributed by atoms with E-state index in [2.05, 4.69) is 16.8 Å². The Morgan fingerprint density at radius 3 is 2.75 bits per heavy atom. The number of nitrogens with zero attached hydrogens (tertiary/aromatic N) is 2. The van der Waals surface area contributed by atoms with Crippen molar-refractivity contribution < 1.29 is 4.74 Å². The lowest BCUT2D eigenvalue weighted by molar-refractivity contribution is 0.305. The van der Waals surface area contributed by atoms with E-state index in [0.29, 0.717) is 0 Å². The Balaban J connectivity index is 1.95. The summed E-state index contributed by atoms with van der Waals surface area (Å²) in [6.45, 7) is 3.98. The molecule has 0 saturated carbocycles. The Morgan fingerprint density at radius 1 is 1.50 bits per heavy atom. The van der Waals surface area contributed by atoms with Gasteiger partial charge in [-0.05, 0) is 18.6 Å². The molecule has 4 nitrogen and oxygen atoms in total. The van der Waals surface area contributed by atoms with Gasteiger partial charge in [0.25, 0.3) is 0 Å². The predicted octanol–water partition coefficient (Wildman–Crippen LogP) is 1.41. The van der Waals surface area contributed by atoms with Crippen molar-refractivity contribution in [1.82, 2.24) is 4.98 Å². The van der Waals surface area contributed by atoms with Crippen LogP contribution in [0.15, 0.2) is 18.3 Å². The Bertz CT molecular complexity index is 344. The van der Waals surface area contributed by atoms with Crippen molar-refractivity contribution in [1.29, 1.82) is 0 Å². The average Bonchev–Trinajstić information content (AvgIpc) is 2.26. The molecule has 2 N–H and O–H groups in total. The highest BCUT2D eigenvalue weighted by Crippen LogP contribution is 2.28. The van der Waals surface area contributed by atoms with Gasteiger partial charge in [0.15, 0.2) is 0 Å². The summed E-state index contributed by atoms with van der Waals surface area (Å²) in [6.07, 6.45) is 3.96. The largest absolute Gasteiger partial charge is 0.495 e. The first kappa shape index (κ1) is 11.2. The number of hydrogen-bond donors (Lipinski definition) is 1. The summed E-state index contributed by atoms with van der Waals surface area (Å²) in [5.41, 5.74) is 6.20. The standard InChI is InChI=1S/C12H19N3O/c1-3-6-12(13)8-15(9-12)11-5-4-10(16-2)7-14-11/h4-5,7H,3,6,8-9,13H2,1-2H3. The summed E-state index contributed by atoms with van der Waals surface area (Å²) in [5.74, 6) is 1.77. The maximum Gasteiger partial charge on any atom is 0.137 e. The SMILES string of the molecule is CCCC1(N)CN(c2ccc(OC)cn2)C1. The maximum absolute atomic E-state index is 6.20. The van der Waals surface area contributed by atoms with Gasteiger partial charge < -0.3 is 15.4 Å². The molecule has 0 radical (unpaired) electrons. The molecule has 88 valence electrons. The monoisotopic (exact) mass is 221 g/mol. The number of hydrogen-bond acceptors (Lipinski definition) is 4. The zero-order valence-corrected chi connectivity index (χ0v) is 9.94. The predicted molar refractivity (Wildman–Crippen MR) is 64.8 cm³/mol. The van der Waals surface area contributed by atoms with E-state index < -0.39 is 0 Å². The van der Waals surface area contributed by atoms with Crippen LogP contribution in [-0.2, 0) is 0 Å². The fourth-order valence-electron chi connectivity index (χ4n) is 2.21. The zero-order valence-electron chi connectivity index (χ0n) is 9.94. The van der Waals surface area contributed by atoms with Gasteiger partial charge in [-0.25, -0.2) is 4.98 Å². The fraction of sp³-hybridized carbons (Fsp3) is 0.583. The summed E-state index contributed by atoms with van der Waals surface area (Å²) >= 11 is 0. The third kappa shape index (κ3) is 2.11. The number of ether oxygens (including phenoxy) is 1. The van der Waals surface area contributed by atoms with Gasteiger partial charge in [-0.2, -0.15) is 0 Å². The number of pyridine rings is 1. The van der Waals surface area contributed by atoms with Gasteiger partial charge in [0.1, 0.15) is 11.6 Å². The molecule has 0 spiro atoms. The van der Waals surface area contributed by atoms with Crippen LogP contribution in [0.1, 0.15) is 19.8 Å². The number of aromatic nitrogens is 1. The smallest absolute Gasteiger partial charge is 0.137 e. The van der Waals surface area contributed by atoms with Crippen molar-refractivity contribution in [3.05, 3.63) is 18.3 Å². The molecule has 0 amide bonds. The molecule has 4 heteroatoms. The second-order valence-corrected chi connectivity index (χ2v) is 4.52. The molecule has 16 heavy (non-hydrogen) atoms. The number of rotatable bonds is 4. The third-order valence-corrected chi connectivity index (χ3v) is 3.04. The second-order valence-electron chi connectivity index (χ2n) is 4.52. The molecule has 1 aliphatic rings. The van der Waals surface area contributed by atoms with Crippen molar-refractivity contribution >= 4 is 5.82 Å². The van der Waals surface area contributed by atoms with E-state index in [9.17, 15) is 0 Å². The van der Waals surface area contributed by atoms with Crippen LogP contribution >= 0.6 is 0 Å². The second kappa shape index (κ2) is 4.29. The molecule has 0 unspecified atom stereocenters. The molecule has 0 aliphatic carbocycles. The van der Waals surface area contributed by atoms with Gasteiger partial charge in [-0.15, -0.1) is 0 Å². The van der Waals surface area contributed by atoms with Gasteiger partial charge in [-0.3, -0.25) is 0 Å². The Hall–Kier alpha value is -1.29. The van der Waals surface area contributed by atoms with E-state index in [-0.39, 0.29) is 5.54 Å². The zero-order chi connectivity index (χ0) is 11.6.